The minimum atomic E-state index is 0.0791. The van der Waals surface area contributed by atoms with Crippen molar-refractivity contribution in [2.45, 2.75) is 32.6 Å². The molecule has 3 heterocycles. The monoisotopic (exact) mass is 444 g/mol. The Balaban J connectivity index is 1.29. The molecule has 0 saturated heterocycles. The molecule has 170 valence electrons. The van der Waals surface area contributed by atoms with Crippen molar-refractivity contribution < 1.29 is 13.7 Å². The number of aryl methyl sites for hydroxylation is 2. The van der Waals surface area contributed by atoms with Crippen LogP contribution in [0.15, 0.2) is 57.5 Å². The van der Waals surface area contributed by atoms with Crippen molar-refractivity contribution in [1.82, 2.24) is 15.5 Å². The molecule has 1 unspecified atom stereocenters. The molecule has 1 aliphatic rings. The molecule has 1 atom stereocenters. The van der Waals surface area contributed by atoms with Crippen LogP contribution in [0.2, 0.25) is 0 Å². The third-order valence-electron chi connectivity index (χ3n) is 6.26. The maximum atomic E-state index is 13.3. The van der Waals surface area contributed by atoms with Crippen molar-refractivity contribution in [2.75, 3.05) is 25.0 Å². The van der Waals surface area contributed by atoms with Crippen molar-refractivity contribution in [3.8, 4) is 11.6 Å². The molecule has 5 rings (SSSR count). The Morgan fingerprint density at radius 1 is 1.21 bits per heavy atom. The summed E-state index contributed by atoms with van der Waals surface area (Å²) >= 11 is 0. The van der Waals surface area contributed by atoms with Crippen molar-refractivity contribution in [3.05, 3.63) is 65.5 Å². The number of furan rings is 1. The SMILES string of the molecule is CNCC1CCN(C(=O)CCc2nc(-c3cc4ccccc4o3)no2)c2cc(C)ccc2C1. The first-order valence-corrected chi connectivity index (χ1v) is 11.5. The van der Waals surface area contributed by atoms with E-state index in [0.717, 1.165) is 48.2 Å². The van der Waals surface area contributed by atoms with Crippen molar-refractivity contribution >= 4 is 22.6 Å². The van der Waals surface area contributed by atoms with Crippen LogP contribution >= 0.6 is 0 Å². The third kappa shape index (κ3) is 4.54. The van der Waals surface area contributed by atoms with Gasteiger partial charge in [-0.3, -0.25) is 4.79 Å². The van der Waals surface area contributed by atoms with E-state index in [4.69, 9.17) is 8.94 Å². The van der Waals surface area contributed by atoms with Gasteiger partial charge in [0.05, 0.1) is 0 Å². The minimum absolute atomic E-state index is 0.0791. The number of carbonyl (C=O) groups excluding carboxylic acids is 1. The molecule has 0 saturated carbocycles. The van der Waals surface area contributed by atoms with Crippen LogP contribution in [0.1, 0.15) is 29.9 Å². The first kappa shape index (κ1) is 21.4. The molecule has 2 aromatic heterocycles. The van der Waals surface area contributed by atoms with E-state index in [9.17, 15) is 4.79 Å². The van der Waals surface area contributed by atoms with E-state index >= 15 is 0 Å². The summed E-state index contributed by atoms with van der Waals surface area (Å²) in [5.41, 5.74) is 4.20. The van der Waals surface area contributed by atoms with Gasteiger partial charge in [0.2, 0.25) is 17.6 Å². The molecule has 0 aliphatic carbocycles. The topological polar surface area (TPSA) is 84.4 Å². The molecular formula is C26H28N4O3. The van der Waals surface area contributed by atoms with E-state index in [1.54, 1.807) is 0 Å². The lowest BCUT2D eigenvalue weighted by Crippen LogP contribution is -2.33. The fourth-order valence-electron chi connectivity index (χ4n) is 4.56. The smallest absolute Gasteiger partial charge is 0.238 e. The zero-order valence-corrected chi connectivity index (χ0v) is 19.0. The Bertz CT molecular complexity index is 1240. The highest BCUT2D eigenvalue weighted by Gasteiger charge is 2.26. The highest BCUT2D eigenvalue weighted by atomic mass is 16.5. The summed E-state index contributed by atoms with van der Waals surface area (Å²) in [6, 6.07) is 16.1. The maximum Gasteiger partial charge on any atom is 0.238 e. The maximum absolute atomic E-state index is 13.3. The van der Waals surface area contributed by atoms with Gasteiger partial charge in [0.15, 0.2) is 5.76 Å². The molecule has 1 aliphatic heterocycles. The van der Waals surface area contributed by atoms with Crippen LogP contribution in [0, 0.1) is 12.8 Å². The Kier molecular flexibility index (Phi) is 5.96. The average Bonchev–Trinajstić information content (AvgIpc) is 3.42. The summed E-state index contributed by atoms with van der Waals surface area (Å²) in [4.78, 5) is 19.7. The van der Waals surface area contributed by atoms with Gasteiger partial charge in [0.1, 0.15) is 5.58 Å². The minimum Gasteiger partial charge on any atom is -0.453 e. The molecule has 33 heavy (non-hydrogen) atoms. The standard InChI is InChI=1S/C26H28N4O3/c1-17-7-8-19-14-18(16-27-2)11-12-30(21(19)13-17)25(31)10-9-24-28-26(29-33-24)23-15-20-5-3-4-6-22(20)32-23/h3-8,13,15,18,27H,9-12,14,16H2,1-2H3. The predicted octanol–water partition coefficient (Wildman–Crippen LogP) is 4.54. The number of hydrogen-bond donors (Lipinski definition) is 1. The second kappa shape index (κ2) is 9.19. The molecule has 7 nitrogen and oxygen atoms in total. The summed E-state index contributed by atoms with van der Waals surface area (Å²) in [7, 11) is 1.98. The Morgan fingerprint density at radius 2 is 2.09 bits per heavy atom. The number of para-hydroxylation sites is 1. The molecular weight excluding hydrogens is 416 g/mol. The van der Waals surface area contributed by atoms with Crippen molar-refractivity contribution in [2.24, 2.45) is 5.92 Å². The normalized spacial score (nSPS) is 16.1. The van der Waals surface area contributed by atoms with Gasteiger partial charge >= 0.3 is 0 Å². The second-order valence-electron chi connectivity index (χ2n) is 8.75. The first-order chi connectivity index (χ1) is 16.1. The molecule has 0 fully saturated rings. The number of rotatable bonds is 6. The fourth-order valence-corrected chi connectivity index (χ4v) is 4.56. The van der Waals surface area contributed by atoms with E-state index in [1.807, 2.05) is 42.3 Å². The highest BCUT2D eigenvalue weighted by Crippen LogP contribution is 2.31. The third-order valence-corrected chi connectivity index (χ3v) is 6.26. The van der Waals surface area contributed by atoms with Crippen LogP contribution in [0.25, 0.3) is 22.6 Å². The van der Waals surface area contributed by atoms with Crippen molar-refractivity contribution in [1.29, 1.82) is 0 Å². The molecule has 1 N–H and O–H groups in total. The molecule has 7 heteroatoms. The summed E-state index contributed by atoms with van der Waals surface area (Å²) in [6.07, 6.45) is 2.65. The van der Waals surface area contributed by atoms with Crippen LogP contribution in [0.3, 0.4) is 0 Å². The Labute approximate surface area is 192 Å². The molecule has 0 radical (unpaired) electrons. The van der Waals surface area contributed by atoms with Gasteiger partial charge in [0, 0.05) is 30.5 Å². The lowest BCUT2D eigenvalue weighted by atomic mass is 9.96. The van der Waals surface area contributed by atoms with Gasteiger partial charge in [0.25, 0.3) is 0 Å². The number of nitrogens with zero attached hydrogens (tertiary/aromatic N) is 3. The second-order valence-corrected chi connectivity index (χ2v) is 8.75. The van der Waals surface area contributed by atoms with Crippen LogP contribution in [-0.2, 0) is 17.6 Å². The molecule has 4 aromatic rings. The van der Waals surface area contributed by atoms with Crippen LogP contribution in [0.5, 0.6) is 0 Å². The summed E-state index contributed by atoms with van der Waals surface area (Å²) < 4.78 is 11.2. The van der Waals surface area contributed by atoms with E-state index in [-0.39, 0.29) is 5.91 Å². The number of hydrogen-bond acceptors (Lipinski definition) is 6. The highest BCUT2D eigenvalue weighted by molar-refractivity contribution is 5.94. The summed E-state index contributed by atoms with van der Waals surface area (Å²) in [5.74, 6) is 1.99. The number of anilines is 1. The van der Waals surface area contributed by atoms with E-state index < -0.39 is 0 Å². The molecule has 0 bridgehead atoms. The number of nitrogens with one attached hydrogen (secondary N) is 1. The number of amides is 1. The lowest BCUT2D eigenvalue weighted by molar-refractivity contribution is -0.118. The average molecular weight is 445 g/mol. The summed E-state index contributed by atoms with van der Waals surface area (Å²) in [5, 5.41) is 8.32. The van der Waals surface area contributed by atoms with Gasteiger partial charge in [-0.2, -0.15) is 4.98 Å². The van der Waals surface area contributed by atoms with E-state index in [0.29, 0.717) is 36.2 Å². The number of benzene rings is 2. The van der Waals surface area contributed by atoms with Gasteiger partial charge in [-0.25, -0.2) is 0 Å². The van der Waals surface area contributed by atoms with E-state index in [1.165, 1.54) is 5.56 Å². The fraction of sp³-hybridized carbons (Fsp3) is 0.346. The predicted molar refractivity (Wildman–Crippen MR) is 127 cm³/mol. The number of aromatic nitrogens is 2. The molecule has 1 amide bonds. The number of fused-ring (bicyclic) bond motifs is 2. The zero-order chi connectivity index (χ0) is 22.8. The Hall–Kier alpha value is -3.45. The largest absolute Gasteiger partial charge is 0.453 e. The lowest BCUT2D eigenvalue weighted by Gasteiger charge is -2.23. The van der Waals surface area contributed by atoms with Gasteiger partial charge in [-0.15, -0.1) is 0 Å². The van der Waals surface area contributed by atoms with Gasteiger partial charge < -0.3 is 19.2 Å². The number of carbonyl (C=O) groups is 1. The van der Waals surface area contributed by atoms with Crippen molar-refractivity contribution in [3.63, 3.8) is 0 Å². The Morgan fingerprint density at radius 3 is 2.94 bits per heavy atom. The summed E-state index contributed by atoms with van der Waals surface area (Å²) in [6.45, 7) is 3.73. The quantitative estimate of drug-likeness (QED) is 0.470. The molecule has 2 aromatic carbocycles. The van der Waals surface area contributed by atoms with Crippen LogP contribution in [-0.4, -0.2) is 36.2 Å². The van der Waals surface area contributed by atoms with Gasteiger partial charge in [-0.05, 0) is 68.6 Å². The van der Waals surface area contributed by atoms with Gasteiger partial charge in [-0.1, -0.05) is 35.5 Å². The zero-order valence-electron chi connectivity index (χ0n) is 19.0. The molecule has 0 spiro atoms. The van der Waals surface area contributed by atoms with Crippen LogP contribution < -0.4 is 10.2 Å². The van der Waals surface area contributed by atoms with E-state index in [2.05, 4.69) is 40.6 Å². The first-order valence-electron chi connectivity index (χ1n) is 11.5. The van der Waals surface area contributed by atoms with Crippen LogP contribution in [0.4, 0.5) is 5.69 Å².